The summed E-state index contributed by atoms with van der Waals surface area (Å²) in [6.07, 6.45) is 6.62. The van der Waals surface area contributed by atoms with Gasteiger partial charge in [-0.2, -0.15) is 0 Å². The lowest BCUT2D eigenvalue weighted by Gasteiger charge is -2.26. The van der Waals surface area contributed by atoms with Crippen molar-refractivity contribution < 1.29 is 0 Å². The molecule has 1 aromatic heterocycles. The van der Waals surface area contributed by atoms with Gasteiger partial charge in [-0.1, -0.05) is 33.1 Å². The van der Waals surface area contributed by atoms with E-state index in [1.165, 1.54) is 32.1 Å². The van der Waals surface area contributed by atoms with E-state index in [4.69, 9.17) is 4.98 Å². The van der Waals surface area contributed by atoms with Crippen molar-refractivity contribution in [3.05, 3.63) is 11.9 Å². The first-order valence-corrected chi connectivity index (χ1v) is 7.52. The minimum absolute atomic E-state index is 0.363. The van der Waals surface area contributed by atoms with Gasteiger partial charge in [0.2, 0.25) is 0 Å². The summed E-state index contributed by atoms with van der Waals surface area (Å²) in [6, 6.07) is 2.08. The van der Waals surface area contributed by atoms with E-state index in [1.807, 2.05) is 7.05 Å². The van der Waals surface area contributed by atoms with Gasteiger partial charge in [-0.3, -0.25) is 0 Å². The predicted octanol–water partition coefficient (Wildman–Crippen LogP) is 3.41. The summed E-state index contributed by atoms with van der Waals surface area (Å²) in [4.78, 5) is 11.7. The molecule has 4 heteroatoms. The van der Waals surface area contributed by atoms with E-state index in [9.17, 15) is 0 Å². The van der Waals surface area contributed by atoms with E-state index in [2.05, 4.69) is 35.1 Å². The third-order valence-corrected chi connectivity index (χ3v) is 3.68. The molecule has 1 saturated heterocycles. The number of rotatable bonds is 3. The van der Waals surface area contributed by atoms with Crippen LogP contribution in [0.1, 0.15) is 57.7 Å². The Morgan fingerprint density at radius 2 is 1.68 bits per heavy atom. The monoisotopic (exact) mass is 262 g/mol. The van der Waals surface area contributed by atoms with Crippen LogP contribution in [-0.2, 0) is 0 Å². The van der Waals surface area contributed by atoms with Crippen LogP contribution in [0.5, 0.6) is 0 Å². The summed E-state index contributed by atoms with van der Waals surface area (Å²) in [5, 5.41) is 3.15. The molecule has 1 N–H and O–H groups in total. The maximum Gasteiger partial charge on any atom is 0.135 e. The zero-order chi connectivity index (χ0) is 13.7. The van der Waals surface area contributed by atoms with Crippen molar-refractivity contribution in [2.24, 2.45) is 0 Å². The third-order valence-electron chi connectivity index (χ3n) is 3.68. The van der Waals surface area contributed by atoms with E-state index in [0.717, 1.165) is 30.5 Å². The Bertz CT molecular complexity index is 395. The van der Waals surface area contributed by atoms with Crippen molar-refractivity contribution in [2.45, 2.75) is 51.9 Å². The lowest BCUT2D eigenvalue weighted by molar-refractivity contribution is 0.552. The Labute approximate surface area is 116 Å². The summed E-state index contributed by atoms with van der Waals surface area (Å²) in [5.41, 5.74) is 0. The lowest BCUT2D eigenvalue weighted by atomic mass is 10.1. The average Bonchev–Trinajstić information content (AvgIpc) is 2.37. The highest BCUT2D eigenvalue weighted by Gasteiger charge is 2.14. The molecule has 0 aromatic carbocycles. The van der Waals surface area contributed by atoms with Gasteiger partial charge >= 0.3 is 0 Å². The van der Waals surface area contributed by atoms with Crippen LogP contribution in [0.25, 0.3) is 0 Å². The molecule has 1 aromatic rings. The van der Waals surface area contributed by atoms with Gasteiger partial charge in [0.15, 0.2) is 0 Å². The number of hydrogen-bond donors (Lipinski definition) is 1. The molecule has 0 amide bonds. The SMILES string of the molecule is CNc1cc(N2CCCCCCC2)nc(C(C)C)n1. The summed E-state index contributed by atoms with van der Waals surface area (Å²) in [7, 11) is 1.92. The Morgan fingerprint density at radius 1 is 1.05 bits per heavy atom. The molecule has 1 fully saturated rings. The minimum Gasteiger partial charge on any atom is -0.373 e. The molecule has 19 heavy (non-hydrogen) atoms. The van der Waals surface area contributed by atoms with Gasteiger partial charge in [0.25, 0.3) is 0 Å². The van der Waals surface area contributed by atoms with Crippen molar-refractivity contribution in [1.82, 2.24) is 9.97 Å². The van der Waals surface area contributed by atoms with Crippen LogP contribution in [-0.4, -0.2) is 30.1 Å². The van der Waals surface area contributed by atoms with Gasteiger partial charge < -0.3 is 10.2 Å². The normalized spacial score (nSPS) is 17.2. The fraction of sp³-hybridized carbons (Fsp3) is 0.733. The Balaban J connectivity index is 2.23. The van der Waals surface area contributed by atoms with Crippen LogP contribution in [0.4, 0.5) is 11.6 Å². The molecule has 0 spiro atoms. The molecule has 0 unspecified atom stereocenters. The molecule has 0 saturated carbocycles. The second-order valence-corrected chi connectivity index (χ2v) is 5.63. The minimum atomic E-state index is 0.363. The van der Waals surface area contributed by atoms with E-state index >= 15 is 0 Å². The molecular formula is C15H26N4. The molecule has 1 aliphatic rings. The van der Waals surface area contributed by atoms with Crippen molar-refractivity contribution in [1.29, 1.82) is 0 Å². The van der Waals surface area contributed by atoms with Crippen LogP contribution in [0, 0.1) is 0 Å². The fourth-order valence-electron chi connectivity index (χ4n) is 2.48. The molecular weight excluding hydrogens is 236 g/mol. The van der Waals surface area contributed by atoms with Gasteiger partial charge in [-0.15, -0.1) is 0 Å². The first-order chi connectivity index (χ1) is 9.20. The number of hydrogen-bond acceptors (Lipinski definition) is 4. The standard InChI is InChI=1S/C15H26N4/c1-12(2)15-17-13(16-3)11-14(18-15)19-9-7-5-4-6-8-10-19/h11-12H,4-10H2,1-3H3,(H,16,17,18). The van der Waals surface area contributed by atoms with Crippen molar-refractivity contribution in [3.8, 4) is 0 Å². The van der Waals surface area contributed by atoms with Crippen molar-refractivity contribution >= 4 is 11.6 Å². The molecule has 1 aliphatic heterocycles. The summed E-state index contributed by atoms with van der Waals surface area (Å²) in [6.45, 7) is 6.54. The fourth-order valence-corrected chi connectivity index (χ4v) is 2.48. The van der Waals surface area contributed by atoms with Crippen molar-refractivity contribution in [3.63, 3.8) is 0 Å². The number of nitrogens with zero attached hydrogens (tertiary/aromatic N) is 3. The van der Waals surface area contributed by atoms with Crippen LogP contribution in [0.3, 0.4) is 0 Å². The number of aromatic nitrogens is 2. The second kappa shape index (κ2) is 6.73. The van der Waals surface area contributed by atoms with Crippen LogP contribution >= 0.6 is 0 Å². The molecule has 4 nitrogen and oxygen atoms in total. The third kappa shape index (κ3) is 3.82. The molecule has 0 atom stereocenters. The topological polar surface area (TPSA) is 41.0 Å². The van der Waals surface area contributed by atoms with Gasteiger partial charge in [0.1, 0.15) is 17.5 Å². The first kappa shape index (κ1) is 14.1. The van der Waals surface area contributed by atoms with Crippen LogP contribution in [0.2, 0.25) is 0 Å². The zero-order valence-electron chi connectivity index (χ0n) is 12.4. The number of anilines is 2. The van der Waals surface area contributed by atoms with Crippen LogP contribution in [0.15, 0.2) is 6.07 Å². The maximum absolute atomic E-state index is 4.75. The average molecular weight is 262 g/mol. The van der Waals surface area contributed by atoms with Crippen LogP contribution < -0.4 is 10.2 Å². The Kier molecular flexibility index (Phi) is 5.00. The Hall–Kier alpha value is -1.32. The van der Waals surface area contributed by atoms with Gasteiger partial charge in [-0.25, -0.2) is 9.97 Å². The van der Waals surface area contributed by atoms with E-state index in [1.54, 1.807) is 0 Å². The lowest BCUT2D eigenvalue weighted by Crippen LogP contribution is -2.28. The summed E-state index contributed by atoms with van der Waals surface area (Å²) < 4.78 is 0. The molecule has 0 radical (unpaired) electrons. The number of nitrogens with one attached hydrogen (secondary N) is 1. The Morgan fingerprint density at radius 3 is 2.26 bits per heavy atom. The molecule has 2 heterocycles. The summed E-state index contributed by atoms with van der Waals surface area (Å²) >= 11 is 0. The zero-order valence-corrected chi connectivity index (χ0v) is 12.4. The molecule has 0 aliphatic carbocycles. The van der Waals surface area contributed by atoms with E-state index < -0.39 is 0 Å². The second-order valence-electron chi connectivity index (χ2n) is 5.63. The van der Waals surface area contributed by atoms with Gasteiger partial charge in [0.05, 0.1) is 0 Å². The molecule has 2 rings (SSSR count). The highest BCUT2D eigenvalue weighted by atomic mass is 15.2. The largest absolute Gasteiger partial charge is 0.373 e. The maximum atomic E-state index is 4.75. The van der Waals surface area contributed by atoms with E-state index in [0.29, 0.717) is 5.92 Å². The van der Waals surface area contributed by atoms with Gasteiger partial charge in [0, 0.05) is 32.1 Å². The summed E-state index contributed by atoms with van der Waals surface area (Å²) in [5.74, 6) is 3.31. The highest BCUT2D eigenvalue weighted by molar-refractivity contribution is 5.49. The quantitative estimate of drug-likeness (QED) is 0.906. The predicted molar refractivity (Wildman–Crippen MR) is 81.0 cm³/mol. The van der Waals surface area contributed by atoms with Crippen molar-refractivity contribution in [2.75, 3.05) is 30.4 Å². The first-order valence-electron chi connectivity index (χ1n) is 7.52. The van der Waals surface area contributed by atoms with E-state index in [-0.39, 0.29) is 0 Å². The smallest absolute Gasteiger partial charge is 0.135 e. The highest BCUT2D eigenvalue weighted by Crippen LogP contribution is 2.22. The molecule has 0 bridgehead atoms. The van der Waals surface area contributed by atoms with Gasteiger partial charge in [-0.05, 0) is 12.8 Å². The molecule has 106 valence electrons.